The molecule has 0 saturated heterocycles. The van der Waals surface area contributed by atoms with Crippen LogP contribution in [0.1, 0.15) is 34.8 Å². The number of amides is 1. The van der Waals surface area contributed by atoms with Crippen molar-refractivity contribution in [1.82, 2.24) is 10.1 Å². The van der Waals surface area contributed by atoms with Crippen molar-refractivity contribution in [2.75, 3.05) is 0 Å². The van der Waals surface area contributed by atoms with Crippen molar-refractivity contribution in [3.05, 3.63) is 23.5 Å². The molecule has 1 amide bonds. The third-order valence-corrected chi connectivity index (χ3v) is 2.80. The second-order valence-electron chi connectivity index (χ2n) is 4.26. The van der Waals surface area contributed by atoms with Gasteiger partial charge in [-0.3, -0.25) is 4.79 Å². The van der Waals surface area contributed by atoms with Gasteiger partial charge in [-0.15, -0.1) is 0 Å². The molecule has 0 aliphatic heterocycles. The summed E-state index contributed by atoms with van der Waals surface area (Å²) in [5.41, 5.74) is 11.9. The molecule has 2 aromatic rings. The SMILES string of the molecule is NC(N)=NC(=O)c1cnc2onc(C3CC3)c2c1. The average Bonchev–Trinajstić information content (AvgIpc) is 3.08. The third kappa shape index (κ3) is 1.79. The number of pyridine rings is 1. The topological polar surface area (TPSA) is 120 Å². The largest absolute Gasteiger partial charge is 0.370 e. The van der Waals surface area contributed by atoms with Gasteiger partial charge in [-0.2, -0.15) is 4.99 Å². The molecule has 4 N–H and O–H groups in total. The van der Waals surface area contributed by atoms with E-state index in [9.17, 15) is 4.79 Å². The predicted molar refractivity (Wildman–Crippen MR) is 63.9 cm³/mol. The average molecular weight is 245 g/mol. The Morgan fingerprint density at radius 3 is 2.89 bits per heavy atom. The predicted octanol–water partition coefficient (Wildman–Crippen LogP) is 0.514. The van der Waals surface area contributed by atoms with Crippen molar-refractivity contribution in [3.8, 4) is 0 Å². The smallest absolute Gasteiger partial charge is 0.281 e. The van der Waals surface area contributed by atoms with Crippen molar-refractivity contribution in [1.29, 1.82) is 0 Å². The van der Waals surface area contributed by atoms with Crippen molar-refractivity contribution in [3.63, 3.8) is 0 Å². The van der Waals surface area contributed by atoms with Gasteiger partial charge in [0.15, 0.2) is 5.96 Å². The maximum atomic E-state index is 11.7. The van der Waals surface area contributed by atoms with Crippen LogP contribution in [0.3, 0.4) is 0 Å². The van der Waals surface area contributed by atoms with Crippen LogP contribution < -0.4 is 11.5 Å². The Balaban J connectivity index is 2.06. The van der Waals surface area contributed by atoms with Crippen LogP contribution >= 0.6 is 0 Å². The molecular weight excluding hydrogens is 234 g/mol. The lowest BCUT2D eigenvalue weighted by molar-refractivity contribution is 0.100. The molecule has 0 spiro atoms. The van der Waals surface area contributed by atoms with Crippen LogP contribution in [0.25, 0.3) is 11.1 Å². The quantitative estimate of drug-likeness (QED) is 0.587. The van der Waals surface area contributed by atoms with Crippen LogP contribution in [0, 0.1) is 0 Å². The minimum Gasteiger partial charge on any atom is -0.370 e. The molecule has 3 rings (SSSR count). The van der Waals surface area contributed by atoms with Gasteiger partial charge in [-0.1, -0.05) is 5.16 Å². The number of nitrogens with zero attached hydrogens (tertiary/aromatic N) is 3. The number of carbonyl (C=O) groups excluding carboxylic acids is 1. The summed E-state index contributed by atoms with van der Waals surface area (Å²) in [6.45, 7) is 0. The molecule has 1 saturated carbocycles. The number of aromatic nitrogens is 2. The van der Waals surface area contributed by atoms with Crippen molar-refractivity contribution >= 4 is 23.0 Å². The van der Waals surface area contributed by atoms with Crippen LogP contribution in [-0.4, -0.2) is 22.0 Å². The lowest BCUT2D eigenvalue weighted by Crippen LogP contribution is -2.24. The van der Waals surface area contributed by atoms with E-state index in [1.54, 1.807) is 6.07 Å². The highest BCUT2D eigenvalue weighted by Crippen LogP contribution is 2.42. The molecular formula is C11H11N5O2. The van der Waals surface area contributed by atoms with Crippen LogP contribution in [0.4, 0.5) is 0 Å². The minimum atomic E-state index is -0.521. The van der Waals surface area contributed by atoms with E-state index in [2.05, 4.69) is 15.1 Å². The van der Waals surface area contributed by atoms with Crippen LogP contribution in [0.15, 0.2) is 21.8 Å². The van der Waals surface area contributed by atoms with E-state index in [0.29, 0.717) is 17.2 Å². The Hall–Kier alpha value is -2.44. The molecule has 0 unspecified atom stereocenters. The fraction of sp³-hybridized carbons (Fsp3) is 0.273. The lowest BCUT2D eigenvalue weighted by atomic mass is 10.1. The van der Waals surface area contributed by atoms with Gasteiger partial charge in [0, 0.05) is 12.1 Å². The van der Waals surface area contributed by atoms with Crippen LogP contribution in [-0.2, 0) is 0 Å². The fourth-order valence-corrected chi connectivity index (χ4v) is 1.80. The molecule has 18 heavy (non-hydrogen) atoms. The van der Waals surface area contributed by atoms with E-state index in [4.69, 9.17) is 16.0 Å². The highest BCUT2D eigenvalue weighted by molar-refractivity contribution is 6.03. The highest BCUT2D eigenvalue weighted by Gasteiger charge is 2.29. The van der Waals surface area contributed by atoms with Gasteiger partial charge < -0.3 is 16.0 Å². The van der Waals surface area contributed by atoms with Gasteiger partial charge >= 0.3 is 0 Å². The summed E-state index contributed by atoms with van der Waals surface area (Å²) >= 11 is 0. The zero-order chi connectivity index (χ0) is 12.7. The molecule has 0 bridgehead atoms. The Morgan fingerprint density at radius 1 is 1.44 bits per heavy atom. The summed E-state index contributed by atoms with van der Waals surface area (Å²) in [6, 6.07) is 1.67. The normalized spacial score (nSPS) is 14.7. The molecule has 1 aliphatic rings. The molecule has 1 aliphatic carbocycles. The van der Waals surface area contributed by atoms with Gasteiger partial charge in [0.2, 0.25) is 0 Å². The first-order valence-corrected chi connectivity index (χ1v) is 5.54. The Labute approximate surface area is 102 Å². The Kier molecular flexibility index (Phi) is 2.26. The summed E-state index contributed by atoms with van der Waals surface area (Å²) in [4.78, 5) is 19.2. The second-order valence-corrected chi connectivity index (χ2v) is 4.26. The maximum Gasteiger partial charge on any atom is 0.281 e. The van der Waals surface area contributed by atoms with E-state index >= 15 is 0 Å². The van der Waals surface area contributed by atoms with Gasteiger partial charge in [0.25, 0.3) is 11.6 Å². The molecule has 92 valence electrons. The number of nitrogens with two attached hydrogens (primary N) is 2. The number of guanidine groups is 1. The van der Waals surface area contributed by atoms with Gasteiger partial charge in [-0.05, 0) is 18.9 Å². The van der Waals surface area contributed by atoms with Gasteiger partial charge in [0.1, 0.15) is 0 Å². The number of rotatable bonds is 2. The highest BCUT2D eigenvalue weighted by atomic mass is 16.5. The third-order valence-electron chi connectivity index (χ3n) is 2.80. The number of fused-ring (bicyclic) bond motifs is 1. The number of carbonyl (C=O) groups is 1. The molecule has 7 nitrogen and oxygen atoms in total. The molecule has 0 radical (unpaired) electrons. The van der Waals surface area contributed by atoms with Gasteiger partial charge in [0.05, 0.1) is 16.6 Å². The first-order valence-electron chi connectivity index (χ1n) is 5.54. The number of hydrogen-bond acceptors (Lipinski definition) is 4. The van der Waals surface area contributed by atoms with E-state index in [1.165, 1.54) is 6.20 Å². The monoisotopic (exact) mass is 245 g/mol. The van der Waals surface area contributed by atoms with Crippen molar-refractivity contribution < 1.29 is 9.32 Å². The van der Waals surface area contributed by atoms with E-state index in [-0.39, 0.29) is 5.96 Å². The first kappa shape index (κ1) is 10.7. The maximum absolute atomic E-state index is 11.7. The number of aliphatic imine (C=N–C) groups is 1. The second kappa shape index (κ2) is 3.80. The standard InChI is InChI=1S/C11H11N5O2/c12-11(13)15-9(17)6-3-7-8(5-1-2-5)16-18-10(7)14-4-6/h3-5H,1-2H2,(H4,12,13,15,17). The molecule has 1 fully saturated rings. The summed E-state index contributed by atoms with van der Waals surface area (Å²) in [7, 11) is 0. The zero-order valence-electron chi connectivity index (χ0n) is 9.46. The van der Waals surface area contributed by atoms with Crippen LogP contribution in [0.2, 0.25) is 0 Å². The molecule has 2 heterocycles. The van der Waals surface area contributed by atoms with Crippen molar-refractivity contribution in [2.24, 2.45) is 16.5 Å². The minimum absolute atomic E-state index is 0.271. The summed E-state index contributed by atoms with van der Waals surface area (Å²) in [5, 5.41) is 4.74. The Morgan fingerprint density at radius 2 is 2.22 bits per heavy atom. The zero-order valence-corrected chi connectivity index (χ0v) is 9.46. The van der Waals surface area contributed by atoms with E-state index in [1.807, 2.05) is 0 Å². The van der Waals surface area contributed by atoms with Crippen molar-refractivity contribution in [2.45, 2.75) is 18.8 Å². The molecule has 7 heteroatoms. The number of hydrogen-bond donors (Lipinski definition) is 2. The Bertz CT molecular complexity index is 652. The molecule has 0 aromatic carbocycles. The van der Waals surface area contributed by atoms with Gasteiger partial charge in [-0.25, -0.2) is 4.98 Å². The summed E-state index contributed by atoms with van der Waals surface area (Å²) in [6.07, 6.45) is 3.56. The molecule has 2 aromatic heterocycles. The summed E-state index contributed by atoms with van der Waals surface area (Å²) in [5.74, 6) is -0.373. The fourth-order valence-electron chi connectivity index (χ4n) is 1.80. The lowest BCUT2D eigenvalue weighted by Gasteiger charge is -1.96. The first-order chi connectivity index (χ1) is 8.65. The van der Waals surface area contributed by atoms with E-state index in [0.717, 1.165) is 23.9 Å². The van der Waals surface area contributed by atoms with Crippen LogP contribution in [0.5, 0.6) is 0 Å². The summed E-state index contributed by atoms with van der Waals surface area (Å²) < 4.78 is 5.11. The van der Waals surface area contributed by atoms with E-state index < -0.39 is 5.91 Å². The molecule has 0 atom stereocenters.